The molecule has 0 radical (unpaired) electrons. The zero-order chi connectivity index (χ0) is 15.5. The second-order valence-corrected chi connectivity index (χ2v) is 5.85. The van der Waals surface area contributed by atoms with Crippen molar-refractivity contribution in [2.24, 2.45) is 5.10 Å². The van der Waals surface area contributed by atoms with E-state index in [1.54, 1.807) is 36.7 Å². The van der Waals surface area contributed by atoms with Crippen molar-refractivity contribution in [1.29, 1.82) is 0 Å². The fourth-order valence-corrected chi connectivity index (χ4v) is 2.75. The van der Waals surface area contributed by atoms with Crippen molar-refractivity contribution in [3.8, 4) is 0 Å². The van der Waals surface area contributed by atoms with Crippen LogP contribution in [0.1, 0.15) is 4.88 Å². The molecule has 0 atom stereocenters. The average molecular weight is 333 g/mol. The van der Waals surface area contributed by atoms with Crippen molar-refractivity contribution in [3.05, 3.63) is 62.6 Å². The van der Waals surface area contributed by atoms with Crippen LogP contribution in [0.3, 0.4) is 0 Å². The van der Waals surface area contributed by atoms with Gasteiger partial charge in [-0.15, -0.1) is 0 Å². The summed E-state index contributed by atoms with van der Waals surface area (Å²) < 4.78 is 0. The molecule has 3 aromatic rings. The Morgan fingerprint density at radius 1 is 1.32 bits per heavy atom. The van der Waals surface area contributed by atoms with Crippen LogP contribution >= 0.6 is 22.9 Å². The molecule has 0 fully saturated rings. The van der Waals surface area contributed by atoms with Gasteiger partial charge < -0.3 is 0 Å². The highest BCUT2D eigenvalue weighted by atomic mass is 35.5. The molecule has 0 unspecified atom stereocenters. The Kier molecular flexibility index (Phi) is 3.99. The zero-order valence-corrected chi connectivity index (χ0v) is 12.6. The monoisotopic (exact) mass is 332 g/mol. The fraction of sp³-hybridized carbons (Fsp3) is 0. The zero-order valence-electron chi connectivity index (χ0n) is 11.1. The van der Waals surface area contributed by atoms with E-state index in [1.165, 1.54) is 6.07 Å². The van der Waals surface area contributed by atoms with Crippen LogP contribution in [0.15, 0.2) is 47.7 Å². The number of pyridine rings is 1. The number of nitro groups is 1. The topological polar surface area (TPSA) is 80.4 Å². The van der Waals surface area contributed by atoms with Crippen molar-refractivity contribution >= 4 is 50.7 Å². The molecule has 0 saturated heterocycles. The van der Waals surface area contributed by atoms with Gasteiger partial charge >= 0.3 is 5.00 Å². The van der Waals surface area contributed by atoms with Gasteiger partial charge in [-0.3, -0.25) is 20.5 Å². The molecule has 3 rings (SSSR count). The first-order valence-electron chi connectivity index (χ1n) is 6.21. The lowest BCUT2D eigenvalue weighted by atomic mass is 10.2. The van der Waals surface area contributed by atoms with Crippen molar-refractivity contribution in [2.45, 2.75) is 0 Å². The fourth-order valence-electron chi connectivity index (χ4n) is 1.89. The quantitative estimate of drug-likeness (QED) is 0.438. The molecule has 110 valence electrons. The van der Waals surface area contributed by atoms with Gasteiger partial charge in [0.1, 0.15) is 0 Å². The third-order valence-electron chi connectivity index (χ3n) is 2.87. The van der Waals surface area contributed by atoms with Crippen LogP contribution in [0.2, 0.25) is 5.02 Å². The van der Waals surface area contributed by atoms with Gasteiger partial charge in [-0.05, 0) is 30.3 Å². The third-order valence-corrected chi connectivity index (χ3v) is 4.08. The molecule has 0 amide bonds. The Hall–Kier alpha value is -2.51. The summed E-state index contributed by atoms with van der Waals surface area (Å²) in [5.74, 6) is 0. The second-order valence-electron chi connectivity index (χ2n) is 4.32. The number of thiophene rings is 1. The minimum atomic E-state index is -0.421. The van der Waals surface area contributed by atoms with Gasteiger partial charge in [0.2, 0.25) is 0 Å². The SMILES string of the molecule is O=[N+]([O-])c1ccc(/C=N\Nc2ccnc3cc(Cl)ccc23)s1. The van der Waals surface area contributed by atoms with E-state index in [1.807, 2.05) is 6.07 Å². The summed E-state index contributed by atoms with van der Waals surface area (Å²) in [6, 6.07) is 10.3. The highest BCUT2D eigenvalue weighted by molar-refractivity contribution is 7.16. The standard InChI is InChI=1S/C14H9ClN4O2S/c15-9-1-3-11-12(5-6-16-13(11)7-9)18-17-8-10-2-4-14(22-10)19(20)21/h1-8H,(H,16,18)/b17-8-. The molecule has 22 heavy (non-hydrogen) atoms. The molecule has 8 heteroatoms. The molecule has 6 nitrogen and oxygen atoms in total. The number of benzene rings is 1. The lowest BCUT2D eigenvalue weighted by Crippen LogP contribution is -1.92. The predicted molar refractivity (Wildman–Crippen MR) is 88.9 cm³/mol. The summed E-state index contributed by atoms with van der Waals surface area (Å²) in [4.78, 5) is 15.1. The molecule has 2 aromatic heterocycles. The molecule has 1 aromatic carbocycles. The van der Waals surface area contributed by atoms with Gasteiger partial charge in [-0.2, -0.15) is 5.10 Å². The number of nitrogens with one attached hydrogen (secondary N) is 1. The van der Waals surface area contributed by atoms with E-state index in [0.29, 0.717) is 9.90 Å². The maximum atomic E-state index is 10.6. The molecular weight excluding hydrogens is 324 g/mol. The molecular formula is C14H9ClN4O2S. The maximum absolute atomic E-state index is 10.6. The maximum Gasteiger partial charge on any atom is 0.324 e. The summed E-state index contributed by atoms with van der Waals surface area (Å²) in [7, 11) is 0. The molecule has 2 heterocycles. The molecule has 1 N–H and O–H groups in total. The van der Waals surface area contributed by atoms with Crippen LogP contribution in [0.5, 0.6) is 0 Å². The van der Waals surface area contributed by atoms with Gasteiger partial charge in [-0.1, -0.05) is 22.9 Å². The van der Waals surface area contributed by atoms with Crippen molar-refractivity contribution in [2.75, 3.05) is 5.43 Å². The summed E-state index contributed by atoms with van der Waals surface area (Å²) in [6.45, 7) is 0. The Labute approximate surface area is 134 Å². The van der Waals surface area contributed by atoms with Gasteiger partial charge in [0.25, 0.3) is 0 Å². The van der Waals surface area contributed by atoms with Crippen LogP contribution in [0, 0.1) is 10.1 Å². The Balaban J connectivity index is 1.81. The Bertz CT molecular complexity index is 878. The van der Waals surface area contributed by atoms with Gasteiger partial charge in [0.05, 0.1) is 27.2 Å². The highest BCUT2D eigenvalue weighted by Crippen LogP contribution is 2.25. The minimum absolute atomic E-state index is 0.0884. The first-order chi connectivity index (χ1) is 10.6. The number of anilines is 1. The van der Waals surface area contributed by atoms with Crippen LogP contribution in [-0.2, 0) is 0 Å². The van der Waals surface area contributed by atoms with Crippen LogP contribution in [0.4, 0.5) is 10.7 Å². The van der Waals surface area contributed by atoms with E-state index in [2.05, 4.69) is 15.5 Å². The summed E-state index contributed by atoms with van der Waals surface area (Å²) >= 11 is 7.00. The highest BCUT2D eigenvalue weighted by Gasteiger charge is 2.08. The van der Waals surface area contributed by atoms with Crippen LogP contribution < -0.4 is 5.43 Å². The minimum Gasteiger partial charge on any atom is -0.278 e. The second kappa shape index (κ2) is 6.08. The average Bonchev–Trinajstić information content (AvgIpc) is 2.96. The Morgan fingerprint density at radius 3 is 2.95 bits per heavy atom. The molecule has 0 aliphatic rings. The van der Waals surface area contributed by atoms with E-state index >= 15 is 0 Å². The summed E-state index contributed by atoms with van der Waals surface area (Å²) in [5.41, 5.74) is 4.46. The first-order valence-corrected chi connectivity index (χ1v) is 7.40. The van der Waals surface area contributed by atoms with Crippen molar-refractivity contribution in [1.82, 2.24) is 4.98 Å². The number of rotatable bonds is 4. The molecule has 0 bridgehead atoms. The van der Waals surface area contributed by atoms with Crippen molar-refractivity contribution < 1.29 is 4.92 Å². The lowest BCUT2D eigenvalue weighted by molar-refractivity contribution is -0.380. The number of fused-ring (bicyclic) bond motifs is 1. The molecule has 0 saturated carbocycles. The smallest absolute Gasteiger partial charge is 0.278 e. The van der Waals surface area contributed by atoms with Gasteiger partial charge in [0, 0.05) is 22.7 Å². The van der Waals surface area contributed by atoms with E-state index in [-0.39, 0.29) is 5.00 Å². The van der Waals surface area contributed by atoms with Crippen molar-refractivity contribution in [3.63, 3.8) is 0 Å². The molecule has 0 aliphatic heterocycles. The molecule has 0 aliphatic carbocycles. The summed E-state index contributed by atoms with van der Waals surface area (Å²) in [5, 5.41) is 16.3. The van der Waals surface area contributed by atoms with E-state index < -0.39 is 4.92 Å². The van der Waals surface area contributed by atoms with Gasteiger partial charge in [0.15, 0.2) is 0 Å². The van der Waals surface area contributed by atoms with Crippen LogP contribution in [0.25, 0.3) is 10.9 Å². The number of hydrogen-bond donors (Lipinski definition) is 1. The lowest BCUT2D eigenvalue weighted by Gasteiger charge is -2.04. The predicted octanol–water partition coefficient (Wildman–Crippen LogP) is 4.30. The van der Waals surface area contributed by atoms with Crippen LogP contribution in [-0.4, -0.2) is 16.1 Å². The molecule has 0 spiro atoms. The van der Waals surface area contributed by atoms with Gasteiger partial charge in [-0.25, -0.2) is 0 Å². The third kappa shape index (κ3) is 3.05. The number of hydrogen-bond acceptors (Lipinski definition) is 6. The number of aromatic nitrogens is 1. The first kappa shape index (κ1) is 14.4. The van der Waals surface area contributed by atoms with E-state index in [4.69, 9.17) is 11.6 Å². The number of nitrogens with zero attached hydrogens (tertiary/aromatic N) is 3. The number of hydrazone groups is 1. The largest absolute Gasteiger partial charge is 0.324 e. The summed E-state index contributed by atoms with van der Waals surface area (Å²) in [6.07, 6.45) is 3.20. The Morgan fingerprint density at radius 2 is 2.18 bits per heavy atom. The van der Waals surface area contributed by atoms with E-state index in [0.717, 1.165) is 27.9 Å². The normalized spacial score (nSPS) is 11.1. The van der Waals surface area contributed by atoms with E-state index in [9.17, 15) is 10.1 Å². The number of halogens is 1.